The quantitative estimate of drug-likeness (QED) is 0.258. The molecule has 8 heteroatoms. The van der Waals surface area contributed by atoms with E-state index in [1.807, 2.05) is 49.4 Å². The summed E-state index contributed by atoms with van der Waals surface area (Å²) in [6.07, 6.45) is 3.43. The molecule has 0 spiro atoms. The van der Waals surface area contributed by atoms with Crippen LogP contribution in [-0.2, 0) is 11.4 Å². The first-order valence-electron chi connectivity index (χ1n) is 13.5. The summed E-state index contributed by atoms with van der Waals surface area (Å²) in [5.74, 6) is 0.237. The second-order valence-corrected chi connectivity index (χ2v) is 10.2. The molecular weight excluding hydrogens is 480 g/mol. The number of pyridine rings is 1. The van der Waals surface area contributed by atoms with E-state index in [-0.39, 0.29) is 24.2 Å². The van der Waals surface area contributed by atoms with Gasteiger partial charge in [-0.3, -0.25) is 24.7 Å². The van der Waals surface area contributed by atoms with Crippen molar-refractivity contribution in [3.63, 3.8) is 0 Å². The topological polar surface area (TPSA) is 104 Å². The Morgan fingerprint density at radius 1 is 1.16 bits per heavy atom. The number of carbonyl (C=O) groups is 2. The number of ether oxygens (including phenoxy) is 1. The molecule has 1 saturated heterocycles. The number of carbonyl (C=O) groups excluding carboxylic acids is 2. The van der Waals surface area contributed by atoms with Crippen molar-refractivity contribution >= 4 is 22.7 Å². The molecule has 2 amide bonds. The molecule has 3 aromatic rings. The first-order chi connectivity index (χ1) is 18.4. The summed E-state index contributed by atoms with van der Waals surface area (Å²) in [7, 11) is 0. The van der Waals surface area contributed by atoms with E-state index in [0.717, 1.165) is 54.5 Å². The molecule has 2 atom stereocenters. The third-order valence-electron chi connectivity index (χ3n) is 7.47. The highest BCUT2D eigenvalue weighted by molar-refractivity contribution is 5.94. The minimum Gasteiger partial charge on any atom is -0.489 e. The number of rotatable bonds is 10. The molecule has 4 rings (SSSR count). The lowest BCUT2D eigenvalue weighted by molar-refractivity contribution is -0.131. The van der Waals surface area contributed by atoms with Gasteiger partial charge in [0, 0.05) is 35.2 Å². The highest BCUT2D eigenvalue weighted by atomic mass is 16.5. The zero-order valence-corrected chi connectivity index (χ0v) is 22.5. The van der Waals surface area contributed by atoms with Gasteiger partial charge in [0.15, 0.2) is 0 Å². The second kappa shape index (κ2) is 12.4. The molecule has 1 fully saturated rings. The zero-order valence-electron chi connectivity index (χ0n) is 22.5. The highest BCUT2D eigenvalue weighted by Gasteiger charge is 2.42. The number of piperidine rings is 1. The van der Waals surface area contributed by atoms with E-state index < -0.39 is 5.66 Å². The van der Waals surface area contributed by atoms with Crippen LogP contribution in [0.4, 0.5) is 0 Å². The van der Waals surface area contributed by atoms with E-state index in [1.165, 1.54) is 0 Å². The number of para-hydroxylation sites is 1. The van der Waals surface area contributed by atoms with Crippen LogP contribution in [0.25, 0.3) is 10.9 Å². The average Bonchev–Trinajstić information content (AvgIpc) is 2.92. The van der Waals surface area contributed by atoms with E-state index in [4.69, 9.17) is 9.94 Å². The summed E-state index contributed by atoms with van der Waals surface area (Å²) in [6.45, 7) is 8.17. The number of nitrogens with zero attached hydrogens (tertiary/aromatic N) is 2. The Bertz CT molecular complexity index is 1260. The third-order valence-corrected chi connectivity index (χ3v) is 7.47. The first kappa shape index (κ1) is 27.5. The number of aromatic nitrogens is 1. The predicted molar refractivity (Wildman–Crippen MR) is 147 cm³/mol. The molecule has 2 aromatic carbocycles. The predicted octanol–water partition coefficient (Wildman–Crippen LogP) is 4.98. The van der Waals surface area contributed by atoms with Crippen LogP contribution in [0, 0.1) is 12.8 Å². The van der Waals surface area contributed by atoms with Crippen molar-refractivity contribution in [2.24, 2.45) is 5.92 Å². The molecule has 202 valence electrons. The largest absolute Gasteiger partial charge is 0.489 e. The molecule has 0 radical (unpaired) electrons. The molecule has 1 aliphatic rings. The van der Waals surface area contributed by atoms with Gasteiger partial charge in [0.25, 0.3) is 5.91 Å². The SMILES string of the molecule is CCC[C@]1(NC(=O)c2ccc(OCc3cc(C)nc4ccccc34)cc2)C[C@H](CC(=O)NO)CCN1CC. The molecule has 0 unspecified atom stereocenters. The van der Waals surface area contributed by atoms with Crippen LogP contribution in [0.1, 0.15) is 67.6 Å². The van der Waals surface area contributed by atoms with Gasteiger partial charge in [0.05, 0.1) is 11.2 Å². The van der Waals surface area contributed by atoms with Gasteiger partial charge < -0.3 is 10.1 Å². The number of hydroxylamine groups is 1. The van der Waals surface area contributed by atoms with Crippen LogP contribution in [0.5, 0.6) is 5.75 Å². The number of aryl methyl sites for hydroxylation is 1. The number of hydrogen-bond acceptors (Lipinski definition) is 6. The summed E-state index contributed by atoms with van der Waals surface area (Å²) in [5.41, 5.74) is 4.73. The Kier molecular flexibility index (Phi) is 8.97. The standard InChI is InChI=1S/C30H38N4O4/c1-4-15-30(19-22(18-28(35)33-37)14-16-34(30)5-2)32-29(36)23-10-12-25(13-11-23)38-20-24-17-21(3)31-27-9-7-6-8-26(24)27/h6-13,17,22,37H,4-5,14-16,18-20H2,1-3H3,(H,32,36)(H,33,35)/t22-,30+/m0/s1. The summed E-state index contributed by atoms with van der Waals surface area (Å²) >= 11 is 0. The van der Waals surface area contributed by atoms with Gasteiger partial charge in [-0.2, -0.15) is 0 Å². The molecule has 38 heavy (non-hydrogen) atoms. The molecule has 3 N–H and O–H groups in total. The number of fused-ring (bicyclic) bond motifs is 1. The summed E-state index contributed by atoms with van der Waals surface area (Å²) < 4.78 is 6.07. The molecule has 1 aliphatic heterocycles. The van der Waals surface area contributed by atoms with Crippen molar-refractivity contribution in [1.82, 2.24) is 20.7 Å². The Morgan fingerprint density at radius 3 is 2.63 bits per heavy atom. The Morgan fingerprint density at radius 2 is 1.92 bits per heavy atom. The smallest absolute Gasteiger partial charge is 0.252 e. The van der Waals surface area contributed by atoms with Gasteiger partial charge >= 0.3 is 0 Å². The van der Waals surface area contributed by atoms with Crippen LogP contribution >= 0.6 is 0 Å². The monoisotopic (exact) mass is 518 g/mol. The van der Waals surface area contributed by atoms with Crippen molar-refractivity contribution in [3.8, 4) is 5.75 Å². The van der Waals surface area contributed by atoms with Crippen molar-refractivity contribution in [2.75, 3.05) is 13.1 Å². The van der Waals surface area contributed by atoms with Gasteiger partial charge in [-0.1, -0.05) is 38.5 Å². The average molecular weight is 519 g/mol. The minimum atomic E-state index is -0.533. The third kappa shape index (κ3) is 6.31. The maximum Gasteiger partial charge on any atom is 0.252 e. The van der Waals surface area contributed by atoms with Crippen LogP contribution in [0.3, 0.4) is 0 Å². The van der Waals surface area contributed by atoms with Crippen molar-refractivity contribution in [2.45, 2.75) is 65.1 Å². The fraction of sp³-hybridized carbons (Fsp3) is 0.433. The molecular formula is C30H38N4O4. The van der Waals surface area contributed by atoms with Crippen molar-refractivity contribution in [1.29, 1.82) is 0 Å². The van der Waals surface area contributed by atoms with Gasteiger partial charge in [0.2, 0.25) is 5.91 Å². The van der Waals surface area contributed by atoms with E-state index in [0.29, 0.717) is 24.3 Å². The zero-order chi connectivity index (χ0) is 27.1. The van der Waals surface area contributed by atoms with E-state index in [1.54, 1.807) is 17.6 Å². The molecule has 0 aliphatic carbocycles. The van der Waals surface area contributed by atoms with Gasteiger partial charge in [-0.15, -0.1) is 0 Å². The first-order valence-corrected chi connectivity index (χ1v) is 13.5. The van der Waals surface area contributed by atoms with E-state index in [9.17, 15) is 9.59 Å². The molecule has 0 saturated carbocycles. The van der Waals surface area contributed by atoms with Crippen molar-refractivity contribution < 1.29 is 19.5 Å². The van der Waals surface area contributed by atoms with Gasteiger partial charge in [0.1, 0.15) is 12.4 Å². The lowest BCUT2D eigenvalue weighted by Crippen LogP contribution is -2.64. The lowest BCUT2D eigenvalue weighted by atomic mass is 9.81. The Hall–Kier alpha value is -3.49. The summed E-state index contributed by atoms with van der Waals surface area (Å²) in [6, 6.07) is 17.3. The molecule has 8 nitrogen and oxygen atoms in total. The number of benzene rings is 2. The van der Waals surface area contributed by atoms with Crippen LogP contribution in [0.2, 0.25) is 0 Å². The number of likely N-dealkylation sites (tertiary alicyclic amines) is 1. The number of nitrogens with one attached hydrogen (secondary N) is 2. The van der Waals surface area contributed by atoms with Crippen molar-refractivity contribution in [3.05, 3.63) is 71.4 Å². The molecule has 1 aromatic heterocycles. The Balaban J connectivity index is 1.46. The van der Waals surface area contributed by atoms with E-state index >= 15 is 0 Å². The number of amides is 2. The van der Waals surface area contributed by atoms with Crippen LogP contribution < -0.4 is 15.5 Å². The molecule has 0 bridgehead atoms. The number of hydrogen-bond donors (Lipinski definition) is 3. The summed E-state index contributed by atoms with van der Waals surface area (Å²) in [5, 5.41) is 13.4. The van der Waals surface area contributed by atoms with Gasteiger partial charge in [-0.25, -0.2) is 5.48 Å². The maximum absolute atomic E-state index is 13.4. The summed E-state index contributed by atoms with van der Waals surface area (Å²) in [4.78, 5) is 32.1. The normalized spacial score (nSPS) is 19.7. The fourth-order valence-electron chi connectivity index (χ4n) is 5.73. The maximum atomic E-state index is 13.4. The van der Waals surface area contributed by atoms with E-state index in [2.05, 4.69) is 29.0 Å². The lowest BCUT2D eigenvalue weighted by Gasteiger charge is -2.50. The van der Waals surface area contributed by atoms with Crippen LogP contribution in [-0.4, -0.2) is 45.7 Å². The minimum absolute atomic E-state index is 0.0838. The Labute approximate surface area is 224 Å². The van der Waals surface area contributed by atoms with Gasteiger partial charge in [-0.05, 0) is 75.0 Å². The molecule has 2 heterocycles. The highest BCUT2D eigenvalue weighted by Crippen LogP contribution is 2.35. The van der Waals surface area contributed by atoms with Crippen LogP contribution in [0.15, 0.2) is 54.6 Å². The fourth-order valence-corrected chi connectivity index (χ4v) is 5.73. The second-order valence-electron chi connectivity index (χ2n) is 10.2.